The van der Waals surface area contributed by atoms with Crippen LogP contribution in [0.2, 0.25) is 0 Å². The Bertz CT molecular complexity index is 1050. The lowest BCUT2D eigenvalue weighted by molar-refractivity contribution is 0.102. The van der Waals surface area contributed by atoms with Crippen LogP contribution >= 0.6 is 0 Å². The van der Waals surface area contributed by atoms with Crippen molar-refractivity contribution in [2.75, 3.05) is 44.3 Å². The highest BCUT2D eigenvalue weighted by Crippen LogP contribution is 2.22. The molecule has 4 rings (SSSR count). The number of aromatic nitrogens is 4. The van der Waals surface area contributed by atoms with Crippen molar-refractivity contribution in [3.8, 4) is 11.3 Å². The van der Waals surface area contributed by atoms with E-state index in [0.717, 1.165) is 36.6 Å². The Hall–Kier alpha value is -3.15. The van der Waals surface area contributed by atoms with Gasteiger partial charge in [-0.2, -0.15) is 5.10 Å². The lowest BCUT2D eigenvalue weighted by Crippen LogP contribution is -2.45. The van der Waals surface area contributed by atoms with Crippen LogP contribution in [0.3, 0.4) is 0 Å². The van der Waals surface area contributed by atoms with Crippen LogP contribution in [0.25, 0.3) is 11.3 Å². The van der Waals surface area contributed by atoms with E-state index in [-0.39, 0.29) is 11.5 Å². The number of aromatic amines is 1. The van der Waals surface area contributed by atoms with Crippen molar-refractivity contribution >= 4 is 28.5 Å². The fourth-order valence-corrected chi connectivity index (χ4v) is 4.22. The van der Waals surface area contributed by atoms with Crippen LogP contribution in [-0.4, -0.2) is 72.7 Å². The number of nitrogens with zero attached hydrogens (tertiary/aromatic N) is 5. The molecule has 0 saturated carbocycles. The van der Waals surface area contributed by atoms with Gasteiger partial charge in [0.2, 0.25) is 0 Å². The minimum atomic E-state index is -1.21. The number of H-pyrrole nitrogens is 1. The first kappa shape index (κ1) is 20.1. The summed E-state index contributed by atoms with van der Waals surface area (Å²) >= 11 is 0. The van der Waals surface area contributed by atoms with Gasteiger partial charge >= 0.3 is 0 Å². The number of nitrogens with one attached hydrogen (secondary N) is 2. The van der Waals surface area contributed by atoms with Gasteiger partial charge in [-0.1, -0.05) is 12.1 Å². The Morgan fingerprint density at radius 3 is 2.57 bits per heavy atom. The van der Waals surface area contributed by atoms with Crippen molar-refractivity contribution in [3.05, 3.63) is 48.4 Å². The molecule has 3 aromatic rings. The molecule has 1 saturated heterocycles. The summed E-state index contributed by atoms with van der Waals surface area (Å²) < 4.78 is 14.8. The average Bonchev–Trinajstić information content (AvgIpc) is 3.27. The SMILES string of the molecule is CN1CCN(S(=O)c2ccc(-c3cnc(N)c(C(=O)Nc4ccn[nH]4)n3)cc2)CC1. The van der Waals surface area contributed by atoms with Gasteiger partial charge < -0.3 is 16.0 Å². The third-order valence-electron chi connectivity index (χ3n) is 4.81. The predicted molar refractivity (Wildman–Crippen MR) is 114 cm³/mol. The minimum absolute atomic E-state index is 0.0205. The van der Waals surface area contributed by atoms with Gasteiger partial charge in [-0.15, -0.1) is 0 Å². The van der Waals surface area contributed by atoms with Crippen LogP contribution in [0.4, 0.5) is 11.6 Å². The molecule has 1 unspecified atom stereocenters. The second-order valence-corrected chi connectivity index (χ2v) is 8.41. The first-order valence-corrected chi connectivity index (χ1v) is 10.5. The largest absolute Gasteiger partial charge is 0.382 e. The zero-order valence-electron chi connectivity index (χ0n) is 16.4. The molecule has 0 aliphatic carbocycles. The molecule has 1 aliphatic rings. The smallest absolute Gasteiger partial charge is 0.279 e. The molecule has 4 N–H and O–H groups in total. The molecule has 10 nitrogen and oxygen atoms in total. The summed E-state index contributed by atoms with van der Waals surface area (Å²) in [5, 5.41) is 9.05. The van der Waals surface area contributed by atoms with E-state index in [0.29, 0.717) is 11.5 Å². The minimum Gasteiger partial charge on any atom is -0.382 e. The van der Waals surface area contributed by atoms with Gasteiger partial charge in [-0.25, -0.2) is 18.5 Å². The van der Waals surface area contributed by atoms with E-state index >= 15 is 0 Å². The summed E-state index contributed by atoms with van der Waals surface area (Å²) in [5.41, 5.74) is 7.11. The molecule has 3 heterocycles. The van der Waals surface area contributed by atoms with E-state index in [1.807, 2.05) is 28.6 Å². The van der Waals surface area contributed by atoms with E-state index in [1.165, 1.54) is 12.4 Å². The highest BCUT2D eigenvalue weighted by Gasteiger charge is 2.20. The number of amides is 1. The summed E-state index contributed by atoms with van der Waals surface area (Å²) in [6.07, 6.45) is 3.03. The number of carbonyl (C=O) groups excluding carboxylic acids is 1. The molecule has 1 fully saturated rings. The molecule has 1 aromatic carbocycles. The number of carbonyl (C=O) groups is 1. The third kappa shape index (κ3) is 4.37. The maximum Gasteiger partial charge on any atom is 0.279 e. The average molecular weight is 427 g/mol. The molecule has 0 bridgehead atoms. The Morgan fingerprint density at radius 2 is 1.90 bits per heavy atom. The van der Waals surface area contributed by atoms with Gasteiger partial charge in [0.25, 0.3) is 5.91 Å². The molecule has 1 amide bonds. The number of rotatable bonds is 5. The quantitative estimate of drug-likeness (QED) is 0.554. The normalized spacial score (nSPS) is 16.3. The van der Waals surface area contributed by atoms with Crippen molar-refractivity contribution in [2.45, 2.75) is 4.90 Å². The van der Waals surface area contributed by atoms with E-state index in [2.05, 4.69) is 37.4 Å². The first-order valence-electron chi connectivity index (χ1n) is 9.40. The monoisotopic (exact) mass is 426 g/mol. The highest BCUT2D eigenvalue weighted by atomic mass is 32.2. The number of benzene rings is 1. The van der Waals surface area contributed by atoms with Gasteiger partial charge in [0.15, 0.2) is 11.5 Å². The fourth-order valence-electron chi connectivity index (χ4n) is 3.06. The number of hydrogen-bond acceptors (Lipinski definition) is 7. The van der Waals surface area contributed by atoms with E-state index < -0.39 is 16.9 Å². The second kappa shape index (κ2) is 8.69. The zero-order valence-corrected chi connectivity index (χ0v) is 17.2. The number of piperazine rings is 1. The van der Waals surface area contributed by atoms with Gasteiger partial charge in [0, 0.05) is 37.8 Å². The molecule has 156 valence electrons. The Labute approximate surface area is 176 Å². The maximum atomic E-state index is 12.8. The second-order valence-electron chi connectivity index (χ2n) is 6.92. The number of nitrogen functional groups attached to an aromatic ring is 1. The van der Waals surface area contributed by atoms with E-state index in [9.17, 15) is 9.00 Å². The molecule has 11 heteroatoms. The topological polar surface area (TPSA) is 133 Å². The molecule has 1 atom stereocenters. The number of likely N-dealkylation sites (N-methyl/N-ethyl adjacent to an activating group) is 1. The van der Waals surface area contributed by atoms with Crippen molar-refractivity contribution in [1.82, 2.24) is 29.4 Å². The van der Waals surface area contributed by atoms with Crippen LogP contribution in [-0.2, 0) is 11.0 Å². The summed E-state index contributed by atoms with van der Waals surface area (Å²) in [7, 11) is 0.855. The molecule has 30 heavy (non-hydrogen) atoms. The zero-order chi connectivity index (χ0) is 21.1. The van der Waals surface area contributed by atoms with Crippen molar-refractivity contribution < 1.29 is 9.00 Å². The van der Waals surface area contributed by atoms with E-state index in [4.69, 9.17) is 5.73 Å². The van der Waals surface area contributed by atoms with Crippen LogP contribution in [0.15, 0.2) is 47.6 Å². The number of hydrogen-bond donors (Lipinski definition) is 3. The Balaban J connectivity index is 1.51. The van der Waals surface area contributed by atoms with Crippen LogP contribution in [0, 0.1) is 0 Å². The molecule has 0 radical (unpaired) electrons. The summed E-state index contributed by atoms with van der Waals surface area (Å²) in [6, 6.07) is 8.88. The van der Waals surface area contributed by atoms with Crippen LogP contribution in [0.5, 0.6) is 0 Å². The van der Waals surface area contributed by atoms with Gasteiger partial charge in [-0.3, -0.25) is 9.89 Å². The van der Waals surface area contributed by atoms with Crippen molar-refractivity contribution in [2.24, 2.45) is 0 Å². The van der Waals surface area contributed by atoms with Gasteiger partial charge in [0.05, 0.1) is 23.0 Å². The summed E-state index contributed by atoms with van der Waals surface area (Å²) in [5.74, 6) is -0.0233. The lowest BCUT2D eigenvalue weighted by Gasteiger charge is -2.31. The van der Waals surface area contributed by atoms with Gasteiger partial charge in [-0.05, 0) is 19.2 Å². The van der Waals surface area contributed by atoms with Crippen molar-refractivity contribution in [3.63, 3.8) is 0 Å². The Morgan fingerprint density at radius 1 is 1.17 bits per heavy atom. The molecular formula is C19H22N8O2S. The standard InChI is InChI=1S/C19H22N8O2S/c1-26-8-10-27(11-9-26)30(29)14-4-2-13(3-5-14)15-12-21-18(20)17(23-15)19(28)24-16-6-7-22-25-16/h2-7,12H,8-11H2,1H3,(H2,20,21)(H2,22,24,25,28). The first-order chi connectivity index (χ1) is 14.5. The molecule has 1 aliphatic heterocycles. The number of nitrogens with two attached hydrogens (primary N) is 1. The maximum absolute atomic E-state index is 12.8. The highest BCUT2D eigenvalue weighted by molar-refractivity contribution is 7.82. The lowest BCUT2D eigenvalue weighted by atomic mass is 10.1. The van der Waals surface area contributed by atoms with Crippen LogP contribution < -0.4 is 11.1 Å². The summed E-state index contributed by atoms with van der Waals surface area (Å²) in [4.78, 5) is 23.9. The summed E-state index contributed by atoms with van der Waals surface area (Å²) in [6.45, 7) is 3.33. The molecular weight excluding hydrogens is 404 g/mol. The predicted octanol–water partition coefficient (Wildman–Crippen LogP) is 0.971. The number of anilines is 2. The van der Waals surface area contributed by atoms with Crippen molar-refractivity contribution in [1.29, 1.82) is 0 Å². The van der Waals surface area contributed by atoms with Crippen LogP contribution in [0.1, 0.15) is 10.5 Å². The van der Waals surface area contributed by atoms with E-state index in [1.54, 1.807) is 6.07 Å². The van der Waals surface area contributed by atoms with Gasteiger partial charge in [0.1, 0.15) is 16.8 Å². The molecule has 2 aromatic heterocycles. The fraction of sp³-hybridized carbons (Fsp3) is 0.263. The molecule has 0 spiro atoms. The Kier molecular flexibility index (Phi) is 5.84. The third-order valence-corrected chi connectivity index (χ3v) is 6.32.